The maximum Gasteiger partial charge on any atom is 0.291 e. The second-order valence-corrected chi connectivity index (χ2v) is 10.2. The van der Waals surface area contributed by atoms with Crippen molar-refractivity contribution in [3.05, 3.63) is 104 Å². The van der Waals surface area contributed by atoms with E-state index < -0.39 is 6.04 Å². The van der Waals surface area contributed by atoms with Gasteiger partial charge >= 0.3 is 0 Å². The lowest BCUT2D eigenvalue weighted by molar-refractivity contribution is 0.0486. The number of fused-ring (bicyclic) bond motifs is 2. The Morgan fingerprint density at radius 1 is 1.00 bits per heavy atom. The molecule has 0 radical (unpaired) electrons. The molecule has 7 nitrogen and oxygen atoms in total. The van der Waals surface area contributed by atoms with Crippen molar-refractivity contribution < 1.29 is 23.4 Å². The molecule has 0 spiro atoms. The van der Waals surface area contributed by atoms with Crippen molar-refractivity contribution in [1.29, 1.82) is 0 Å². The van der Waals surface area contributed by atoms with Crippen molar-refractivity contribution in [2.24, 2.45) is 0 Å². The summed E-state index contributed by atoms with van der Waals surface area (Å²) in [6, 6.07) is 19.6. The van der Waals surface area contributed by atoms with Crippen LogP contribution in [0.25, 0.3) is 11.0 Å². The fourth-order valence-corrected chi connectivity index (χ4v) is 5.52. The molecule has 0 saturated carbocycles. The van der Waals surface area contributed by atoms with Crippen molar-refractivity contribution in [2.75, 3.05) is 19.8 Å². The molecule has 2 unspecified atom stereocenters. The molecular weight excluding hydrogens is 518 g/mol. The van der Waals surface area contributed by atoms with Crippen LogP contribution in [0.3, 0.4) is 0 Å². The van der Waals surface area contributed by atoms with Crippen LogP contribution in [-0.4, -0.2) is 36.7 Å². The summed E-state index contributed by atoms with van der Waals surface area (Å²) in [6.07, 6.45) is 1.68. The largest absolute Gasteiger partial charge is 0.490 e. The summed E-state index contributed by atoms with van der Waals surface area (Å²) in [5, 5.41) is 0.760. The van der Waals surface area contributed by atoms with E-state index in [0.717, 1.165) is 24.0 Å². The average molecular weight is 546 g/mol. The van der Waals surface area contributed by atoms with Gasteiger partial charge in [-0.15, -0.1) is 0 Å². The molecule has 0 aliphatic carbocycles. The van der Waals surface area contributed by atoms with Gasteiger partial charge in [0.15, 0.2) is 16.9 Å². The van der Waals surface area contributed by atoms with E-state index in [1.54, 1.807) is 23.1 Å². The van der Waals surface area contributed by atoms with Crippen LogP contribution in [0.4, 0.5) is 0 Å². The molecule has 0 N–H and O–H groups in total. The summed E-state index contributed by atoms with van der Waals surface area (Å²) < 4.78 is 23.9. The minimum Gasteiger partial charge on any atom is -0.490 e. The minimum absolute atomic E-state index is 0.0557. The first kappa shape index (κ1) is 25.5. The Morgan fingerprint density at radius 2 is 1.85 bits per heavy atom. The molecule has 1 fully saturated rings. The molecule has 200 valence electrons. The highest BCUT2D eigenvalue weighted by atomic mass is 35.5. The highest BCUT2D eigenvalue weighted by Gasteiger charge is 2.44. The van der Waals surface area contributed by atoms with Gasteiger partial charge in [0.2, 0.25) is 5.76 Å². The molecule has 3 aromatic carbocycles. The van der Waals surface area contributed by atoms with Crippen molar-refractivity contribution in [3.8, 4) is 11.5 Å². The molecule has 0 bridgehead atoms. The molecule has 2 aliphatic rings. The lowest BCUT2D eigenvalue weighted by Gasteiger charge is -2.28. The van der Waals surface area contributed by atoms with E-state index in [-0.39, 0.29) is 23.2 Å². The summed E-state index contributed by atoms with van der Waals surface area (Å²) >= 11 is 6.21. The summed E-state index contributed by atoms with van der Waals surface area (Å²) in [4.78, 5) is 29.2. The molecule has 1 amide bonds. The Balaban J connectivity index is 1.44. The number of carbonyl (C=O) groups excluding carboxylic acids is 1. The van der Waals surface area contributed by atoms with Gasteiger partial charge in [0.25, 0.3) is 5.91 Å². The maximum atomic E-state index is 13.8. The van der Waals surface area contributed by atoms with Crippen LogP contribution in [0.5, 0.6) is 11.5 Å². The first-order valence-corrected chi connectivity index (χ1v) is 13.5. The summed E-state index contributed by atoms with van der Waals surface area (Å²) in [7, 11) is 0. The lowest BCUT2D eigenvalue weighted by atomic mass is 9.97. The number of hydrogen-bond donors (Lipinski definition) is 0. The van der Waals surface area contributed by atoms with E-state index in [0.29, 0.717) is 59.4 Å². The molecule has 8 heteroatoms. The van der Waals surface area contributed by atoms with E-state index in [4.69, 9.17) is 30.2 Å². The van der Waals surface area contributed by atoms with Gasteiger partial charge in [0.1, 0.15) is 12.2 Å². The zero-order chi connectivity index (χ0) is 26.9. The number of amides is 1. The highest BCUT2D eigenvalue weighted by Crippen LogP contribution is 2.42. The van der Waals surface area contributed by atoms with E-state index in [1.165, 1.54) is 0 Å². The van der Waals surface area contributed by atoms with Gasteiger partial charge in [-0.1, -0.05) is 48.0 Å². The highest BCUT2D eigenvalue weighted by molar-refractivity contribution is 6.31. The topological polar surface area (TPSA) is 78.2 Å². The normalized spacial score (nSPS) is 18.5. The van der Waals surface area contributed by atoms with Gasteiger partial charge in [-0.25, -0.2) is 0 Å². The molecule has 6 rings (SSSR count). The van der Waals surface area contributed by atoms with E-state index >= 15 is 0 Å². The van der Waals surface area contributed by atoms with Crippen molar-refractivity contribution >= 4 is 28.5 Å². The van der Waals surface area contributed by atoms with E-state index in [2.05, 4.69) is 0 Å². The molecule has 1 aromatic heterocycles. The van der Waals surface area contributed by atoms with Crippen molar-refractivity contribution in [3.63, 3.8) is 0 Å². The first-order valence-electron chi connectivity index (χ1n) is 13.2. The van der Waals surface area contributed by atoms with Gasteiger partial charge in [-0.3, -0.25) is 9.59 Å². The molecule has 3 heterocycles. The molecular formula is C31H28ClNO6. The predicted molar refractivity (Wildman–Crippen MR) is 148 cm³/mol. The molecule has 2 aliphatic heterocycles. The zero-order valence-corrected chi connectivity index (χ0v) is 22.3. The van der Waals surface area contributed by atoms with Gasteiger partial charge in [-0.2, -0.15) is 0 Å². The average Bonchev–Trinajstić information content (AvgIpc) is 3.56. The summed E-state index contributed by atoms with van der Waals surface area (Å²) in [6.45, 7) is 3.71. The fourth-order valence-electron chi connectivity index (χ4n) is 5.35. The first-order chi connectivity index (χ1) is 19.0. The van der Waals surface area contributed by atoms with Crippen LogP contribution in [0.2, 0.25) is 5.02 Å². The Bertz CT molecular complexity index is 1580. The number of benzene rings is 3. The molecule has 2 atom stereocenters. The number of nitrogens with zero attached hydrogens (tertiary/aromatic N) is 1. The van der Waals surface area contributed by atoms with Gasteiger partial charge < -0.3 is 23.5 Å². The Hall–Kier alpha value is -3.81. The number of ether oxygens (including phenoxy) is 3. The van der Waals surface area contributed by atoms with Gasteiger partial charge in [0, 0.05) is 18.2 Å². The second-order valence-electron chi connectivity index (χ2n) is 9.72. The van der Waals surface area contributed by atoms with Gasteiger partial charge in [0.05, 0.1) is 29.7 Å². The monoisotopic (exact) mass is 545 g/mol. The quantitative estimate of drug-likeness (QED) is 0.264. The third-order valence-electron chi connectivity index (χ3n) is 7.17. The smallest absolute Gasteiger partial charge is 0.291 e. The van der Waals surface area contributed by atoms with Gasteiger partial charge in [-0.05, 0) is 61.2 Å². The third kappa shape index (κ3) is 4.88. The SMILES string of the molecule is CCOc1cc(C2c3c(oc4ccc(Cl)cc4c3=O)C(=O)N2CC2CCCO2)ccc1OCc1ccccc1. The molecule has 1 saturated heterocycles. The molecule has 4 aromatic rings. The van der Waals surface area contributed by atoms with E-state index in [1.807, 2.05) is 55.5 Å². The van der Waals surface area contributed by atoms with Crippen LogP contribution < -0.4 is 14.9 Å². The van der Waals surface area contributed by atoms with E-state index in [9.17, 15) is 9.59 Å². The van der Waals surface area contributed by atoms with Crippen LogP contribution in [-0.2, 0) is 11.3 Å². The number of halogens is 1. The minimum atomic E-state index is -0.668. The Kier molecular flexibility index (Phi) is 7.02. The second kappa shape index (κ2) is 10.8. The third-order valence-corrected chi connectivity index (χ3v) is 7.41. The van der Waals surface area contributed by atoms with Crippen LogP contribution >= 0.6 is 11.6 Å². The number of hydrogen-bond acceptors (Lipinski definition) is 6. The van der Waals surface area contributed by atoms with Crippen molar-refractivity contribution in [2.45, 2.75) is 38.5 Å². The van der Waals surface area contributed by atoms with Crippen LogP contribution in [0.1, 0.15) is 53.1 Å². The Labute approximate surface area is 230 Å². The summed E-state index contributed by atoms with van der Waals surface area (Å²) in [5.74, 6) is 0.844. The number of rotatable bonds is 8. The maximum absolute atomic E-state index is 13.8. The van der Waals surface area contributed by atoms with Crippen LogP contribution in [0, 0.1) is 0 Å². The summed E-state index contributed by atoms with van der Waals surface area (Å²) in [5.41, 5.74) is 2.11. The Morgan fingerprint density at radius 3 is 2.62 bits per heavy atom. The standard InChI is InChI=1S/C31H28ClNO6/c1-2-36-26-15-20(10-12-25(26)38-18-19-7-4-3-5-8-19)28-27-29(34)23-16-21(32)11-13-24(23)39-30(27)31(35)33(28)17-22-9-6-14-37-22/h3-5,7-8,10-13,15-16,22,28H,2,6,9,14,17-18H2,1H3. The fraction of sp³-hybridized carbons (Fsp3) is 0.290. The van der Waals surface area contributed by atoms with Crippen LogP contribution in [0.15, 0.2) is 75.9 Å². The number of carbonyl (C=O) groups is 1. The molecule has 39 heavy (non-hydrogen) atoms. The van der Waals surface area contributed by atoms with Crippen molar-refractivity contribution in [1.82, 2.24) is 4.90 Å². The predicted octanol–water partition coefficient (Wildman–Crippen LogP) is 6.15. The zero-order valence-electron chi connectivity index (χ0n) is 21.5. The lowest BCUT2D eigenvalue weighted by Crippen LogP contribution is -2.36.